The molecule has 4 rings (SSSR count). The van der Waals surface area contributed by atoms with Crippen LogP contribution in [-0.2, 0) is 4.79 Å². The van der Waals surface area contributed by atoms with Gasteiger partial charge < -0.3 is 10.2 Å². The Labute approximate surface area is 138 Å². The fourth-order valence-corrected chi connectivity index (χ4v) is 6.42. The van der Waals surface area contributed by atoms with Gasteiger partial charge in [0.2, 0.25) is 0 Å². The molecule has 7 atom stereocenters. The Bertz CT molecular complexity index is 608. The van der Waals surface area contributed by atoms with Gasteiger partial charge in [-0.05, 0) is 43.4 Å². The number of aliphatic hydroxyl groups is 2. The van der Waals surface area contributed by atoms with Crippen LogP contribution in [-0.4, -0.2) is 27.7 Å². The van der Waals surface area contributed by atoms with Crippen molar-refractivity contribution in [3.63, 3.8) is 0 Å². The Morgan fingerprint density at radius 2 is 2.00 bits per heavy atom. The summed E-state index contributed by atoms with van der Waals surface area (Å²) in [6.07, 6.45) is 8.13. The van der Waals surface area contributed by atoms with Crippen LogP contribution in [0.3, 0.4) is 0 Å². The lowest BCUT2D eigenvalue weighted by Gasteiger charge is -2.60. The minimum absolute atomic E-state index is 0.209. The molecule has 3 saturated carbocycles. The van der Waals surface area contributed by atoms with Crippen molar-refractivity contribution in [2.75, 3.05) is 0 Å². The Kier molecular flexibility index (Phi) is 3.10. The maximum absolute atomic E-state index is 12.5. The number of ketones is 1. The first-order chi connectivity index (χ1) is 10.7. The fraction of sp³-hybridized carbons (Fsp3) is 0.750. The average Bonchev–Trinajstić information content (AvgIpc) is 2.71. The summed E-state index contributed by atoms with van der Waals surface area (Å²) < 4.78 is 0. The minimum atomic E-state index is -0.913. The molecule has 0 heterocycles. The standard InChI is InChI=1S/C20H28O3/c1-12-10-16(22)18(2)7-6-15-14(17(12)18)5-9-20(23)11-13(21)4-8-19(15,20)3/h5,9,13-15,17,21,23H,1,4,6-8,10-11H2,2-3H3/t13-,14+,15-,17-,18+,19+,20-/m0/s1. The molecule has 0 bridgehead atoms. The maximum Gasteiger partial charge on any atom is 0.143 e. The molecule has 126 valence electrons. The molecule has 0 spiro atoms. The van der Waals surface area contributed by atoms with Crippen molar-refractivity contribution in [3.8, 4) is 0 Å². The third-order valence-electron chi connectivity index (χ3n) is 7.92. The summed E-state index contributed by atoms with van der Waals surface area (Å²) in [5.74, 6) is 1.24. The molecular formula is C20H28O3. The Morgan fingerprint density at radius 3 is 2.74 bits per heavy atom. The van der Waals surface area contributed by atoms with E-state index in [1.165, 1.54) is 0 Å². The van der Waals surface area contributed by atoms with Crippen LogP contribution in [0.1, 0.15) is 52.4 Å². The summed E-state index contributed by atoms with van der Waals surface area (Å²) >= 11 is 0. The van der Waals surface area contributed by atoms with Crippen molar-refractivity contribution in [1.29, 1.82) is 0 Å². The van der Waals surface area contributed by atoms with Gasteiger partial charge in [0.05, 0.1) is 11.7 Å². The normalized spacial score (nSPS) is 55.3. The highest BCUT2D eigenvalue weighted by atomic mass is 16.3. The summed E-state index contributed by atoms with van der Waals surface area (Å²) in [5.41, 5.74) is -0.299. The van der Waals surface area contributed by atoms with Gasteiger partial charge in [-0.3, -0.25) is 4.79 Å². The van der Waals surface area contributed by atoms with E-state index in [2.05, 4.69) is 26.5 Å². The highest BCUT2D eigenvalue weighted by Gasteiger charge is 2.63. The predicted octanol–water partition coefficient (Wildman–Crippen LogP) is 3.02. The predicted molar refractivity (Wildman–Crippen MR) is 88.6 cm³/mol. The van der Waals surface area contributed by atoms with Crippen molar-refractivity contribution in [2.45, 2.75) is 64.1 Å². The fourth-order valence-electron chi connectivity index (χ4n) is 6.42. The molecule has 0 amide bonds. The van der Waals surface area contributed by atoms with Crippen LogP contribution in [0.5, 0.6) is 0 Å². The van der Waals surface area contributed by atoms with Gasteiger partial charge in [-0.2, -0.15) is 0 Å². The topological polar surface area (TPSA) is 57.5 Å². The van der Waals surface area contributed by atoms with Gasteiger partial charge in [0.1, 0.15) is 5.78 Å². The van der Waals surface area contributed by atoms with E-state index >= 15 is 0 Å². The zero-order chi connectivity index (χ0) is 16.6. The lowest BCUT2D eigenvalue weighted by molar-refractivity contribution is -0.164. The number of fused-ring (bicyclic) bond motifs is 5. The largest absolute Gasteiger partial charge is 0.393 e. The number of carbonyl (C=O) groups excluding carboxylic acids is 1. The zero-order valence-electron chi connectivity index (χ0n) is 14.2. The molecule has 4 aliphatic rings. The van der Waals surface area contributed by atoms with Gasteiger partial charge in [-0.25, -0.2) is 0 Å². The van der Waals surface area contributed by atoms with Crippen LogP contribution in [0.2, 0.25) is 0 Å². The zero-order valence-corrected chi connectivity index (χ0v) is 14.2. The van der Waals surface area contributed by atoms with Crippen molar-refractivity contribution in [1.82, 2.24) is 0 Å². The summed E-state index contributed by atoms with van der Waals surface area (Å²) in [7, 11) is 0. The van der Waals surface area contributed by atoms with Crippen molar-refractivity contribution >= 4 is 5.78 Å². The lowest BCUT2D eigenvalue weighted by atomic mass is 9.45. The number of Topliss-reactive ketones (excluding diaryl/α,β-unsaturated/α-hetero) is 1. The molecule has 3 fully saturated rings. The second kappa shape index (κ2) is 4.58. The molecule has 3 heteroatoms. The van der Waals surface area contributed by atoms with Gasteiger partial charge in [-0.15, -0.1) is 0 Å². The molecule has 0 aliphatic heterocycles. The SMILES string of the molecule is C=C1CC(=O)[C@@]2(C)CC[C@H]3[C@@H](C=C[C@]4(O)C[C@@H](O)CC[C@]34C)[C@H]12. The van der Waals surface area contributed by atoms with E-state index in [4.69, 9.17) is 0 Å². The van der Waals surface area contributed by atoms with Crippen LogP contribution in [0.15, 0.2) is 24.3 Å². The number of rotatable bonds is 0. The number of hydrogen-bond acceptors (Lipinski definition) is 3. The van der Waals surface area contributed by atoms with E-state index in [0.29, 0.717) is 30.5 Å². The third kappa shape index (κ3) is 1.81. The quantitative estimate of drug-likeness (QED) is 0.675. The number of aliphatic hydroxyl groups excluding tert-OH is 1. The summed E-state index contributed by atoms with van der Waals surface area (Å²) in [5, 5.41) is 21.3. The molecule has 0 radical (unpaired) electrons. The minimum Gasteiger partial charge on any atom is -0.393 e. The van der Waals surface area contributed by atoms with E-state index in [1.807, 2.05) is 6.08 Å². The van der Waals surface area contributed by atoms with Gasteiger partial charge >= 0.3 is 0 Å². The molecule has 0 aromatic carbocycles. The molecule has 0 unspecified atom stereocenters. The van der Waals surface area contributed by atoms with Gasteiger partial charge in [0.25, 0.3) is 0 Å². The molecule has 2 N–H and O–H groups in total. The molecule has 3 nitrogen and oxygen atoms in total. The number of allylic oxidation sites excluding steroid dienone is 2. The smallest absolute Gasteiger partial charge is 0.143 e. The lowest BCUT2D eigenvalue weighted by Crippen LogP contribution is -2.60. The highest BCUT2D eigenvalue weighted by Crippen LogP contribution is 2.65. The molecule has 0 aromatic rings. The second-order valence-corrected chi connectivity index (χ2v) is 8.97. The maximum atomic E-state index is 12.5. The molecule has 0 saturated heterocycles. The van der Waals surface area contributed by atoms with Crippen molar-refractivity contribution in [3.05, 3.63) is 24.3 Å². The van der Waals surface area contributed by atoms with Crippen LogP contribution in [0.4, 0.5) is 0 Å². The van der Waals surface area contributed by atoms with Gasteiger partial charge in [0.15, 0.2) is 0 Å². The molecule has 0 aromatic heterocycles. The van der Waals surface area contributed by atoms with E-state index < -0.39 is 11.7 Å². The first kappa shape index (κ1) is 15.6. The average molecular weight is 316 g/mol. The molecular weight excluding hydrogens is 288 g/mol. The van der Waals surface area contributed by atoms with E-state index in [0.717, 1.165) is 31.3 Å². The Hall–Kier alpha value is -0.930. The highest BCUT2D eigenvalue weighted by molar-refractivity contribution is 5.91. The first-order valence-electron chi connectivity index (χ1n) is 9.02. The first-order valence-corrected chi connectivity index (χ1v) is 9.02. The Balaban J connectivity index is 1.78. The van der Waals surface area contributed by atoms with E-state index in [1.54, 1.807) is 0 Å². The van der Waals surface area contributed by atoms with Gasteiger partial charge in [-0.1, -0.05) is 38.2 Å². The van der Waals surface area contributed by atoms with E-state index in [9.17, 15) is 15.0 Å². The van der Waals surface area contributed by atoms with Crippen LogP contribution in [0.25, 0.3) is 0 Å². The summed E-state index contributed by atoms with van der Waals surface area (Å²) in [6, 6.07) is 0. The number of hydrogen-bond donors (Lipinski definition) is 2. The molecule has 4 aliphatic carbocycles. The number of carbonyl (C=O) groups is 1. The van der Waals surface area contributed by atoms with E-state index in [-0.39, 0.29) is 16.7 Å². The monoisotopic (exact) mass is 316 g/mol. The van der Waals surface area contributed by atoms with Crippen molar-refractivity contribution in [2.24, 2.45) is 28.6 Å². The van der Waals surface area contributed by atoms with Crippen molar-refractivity contribution < 1.29 is 15.0 Å². The summed E-state index contributed by atoms with van der Waals surface area (Å²) in [6.45, 7) is 8.54. The third-order valence-corrected chi connectivity index (χ3v) is 7.92. The molecule has 23 heavy (non-hydrogen) atoms. The summed E-state index contributed by atoms with van der Waals surface area (Å²) in [4.78, 5) is 12.5. The van der Waals surface area contributed by atoms with Crippen LogP contribution in [0, 0.1) is 28.6 Å². The van der Waals surface area contributed by atoms with Crippen LogP contribution < -0.4 is 0 Å². The van der Waals surface area contributed by atoms with Crippen LogP contribution >= 0.6 is 0 Å². The van der Waals surface area contributed by atoms with Gasteiger partial charge in [0, 0.05) is 23.7 Å². The Morgan fingerprint density at radius 1 is 1.26 bits per heavy atom. The second-order valence-electron chi connectivity index (χ2n) is 8.97.